The third-order valence-electron chi connectivity index (χ3n) is 7.14. The molecule has 1 N–H and O–H groups in total. The number of hydrogen-bond acceptors (Lipinski definition) is 7. The van der Waals surface area contributed by atoms with E-state index < -0.39 is 26.5 Å². The van der Waals surface area contributed by atoms with Gasteiger partial charge in [-0.1, -0.05) is 103 Å². The Morgan fingerprint density at radius 2 is 1.26 bits per heavy atom. The minimum absolute atomic E-state index is 0.0322. The highest BCUT2D eigenvalue weighted by molar-refractivity contribution is 7.47. The largest absolute Gasteiger partial charge is 0.472 e. The molecule has 0 bridgehead atoms. The van der Waals surface area contributed by atoms with Gasteiger partial charge in [-0.3, -0.25) is 18.6 Å². The summed E-state index contributed by atoms with van der Waals surface area (Å²) in [4.78, 5) is 34.9. The van der Waals surface area contributed by atoms with Crippen molar-refractivity contribution in [2.75, 3.05) is 47.5 Å². The number of rotatable bonds is 30. The molecule has 1 unspecified atom stereocenters. The Kier molecular flexibility index (Phi) is 26.3. The van der Waals surface area contributed by atoms with Gasteiger partial charge in [-0.25, -0.2) is 4.57 Å². The van der Waals surface area contributed by atoms with Crippen LogP contribution in [0.25, 0.3) is 0 Å². The van der Waals surface area contributed by atoms with Crippen LogP contribution >= 0.6 is 7.82 Å². The van der Waals surface area contributed by atoms with Crippen molar-refractivity contribution in [1.29, 1.82) is 0 Å². The zero-order valence-electron chi connectivity index (χ0n) is 28.2. The van der Waals surface area contributed by atoms with Crippen molar-refractivity contribution >= 4 is 19.8 Å². The molecule has 0 aromatic carbocycles. The summed E-state index contributed by atoms with van der Waals surface area (Å²) in [6.45, 7) is 4.16. The van der Waals surface area contributed by atoms with Crippen LogP contribution in [0, 0.1) is 0 Å². The molecule has 0 heterocycles. The van der Waals surface area contributed by atoms with E-state index in [0.29, 0.717) is 23.9 Å². The monoisotopic (exact) mass is 634 g/mol. The lowest BCUT2D eigenvalue weighted by Gasteiger charge is -2.24. The Hall–Kier alpha value is -1.25. The number of phosphoric acid groups is 1. The van der Waals surface area contributed by atoms with E-state index in [1.807, 2.05) is 28.1 Å². The lowest BCUT2D eigenvalue weighted by molar-refractivity contribution is -0.870. The maximum Gasteiger partial charge on any atom is 0.472 e. The van der Waals surface area contributed by atoms with Crippen LogP contribution in [-0.2, 0) is 32.7 Å². The number of unbranched alkanes of at least 4 members (excludes halogenated alkanes) is 15. The molecule has 10 heteroatoms. The Balaban J connectivity index is 4.48. The van der Waals surface area contributed by atoms with Gasteiger partial charge < -0.3 is 18.9 Å². The normalized spacial score (nSPS) is 14.1. The van der Waals surface area contributed by atoms with E-state index in [0.717, 1.165) is 51.4 Å². The third-order valence-corrected chi connectivity index (χ3v) is 8.12. The maximum atomic E-state index is 12.5. The van der Waals surface area contributed by atoms with Crippen LogP contribution in [0.3, 0.4) is 0 Å². The molecule has 0 amide bonds. The summed E-state index contributed by atoms with van der Waals surface area (Å²) in [6.07, 6.45) is 22.9. The van der Waals surface area contributed by atoms with Gasteiger partial charge in [0.2, 0.25) is 0 Å². The van der Waals surface area contributed by atoms with Crippen LogP contribution < -0.4 is 0 Å². The summed E-state index contributed by atoms with van der Waals surface area (Å²) in [5, 5.41) is 0. The van der Waals surface area contributed by atoms with Crippen LogP contribution in [0.4, 0.5) is 0 Å². The van der Waals surface area contributed by atoms with E-state index in [1.165, 1.54) is 51.4 Å². The molecule has 0 saturated carbocycles. The third kappa shape index (κ3) is 30.6. The van der Waals surface area contributed by atoms with Gasteiger partial charge in [0.15, 0.2) is 6.10 Å². The van der Waals surface area contributed by atoms with Gasteiger partial charge in [-0.15, -0.1) is 0 Å². The van der Waals surface area contributed by atoms with Gasteiger partial charge >= 0.3 is 19.8 Å². The molecule has 2 atom stereocenters. The second-order valence-electron chi connectivity index (χ2n) is 12.6. The number of carbonyl (C=O) groups is 2. The first-order valence-corrected chi connectivity index (χ1v) is 18.4. The summed E-state index contributed by atoms with van der Waals surface area (Å²) < 4.78 is 33.9. The van der Waals surface area contributed by atoms with Crippen LogP contribution in [0.1, 0.15) is 136 Å². The number of esters is 2. The molecule has 0 aliphatic heterocycles. The lowest BCUT2D eigenvalue weighted by Crippen LogP contribution is -2.37. The molecule has 0 aliphatic carbocycles. The first-order valence-electron chi connectivity index (χ1n) is 16.9. The van der Waals surface area contributed by atoms with Crippen LogP contribution in [0.15, 0.2) is 12.2 Å². The molecule has 9 nitrogen and oxygen atoms in total. The summed E-state index contributed by atoms with van der Waals surface area (Å²) >= 11 is 0. The Bertz CT molecular complexity index is 768. The van der Waals surface area contributed by atoms with E-state index in [4.69, 9.17) is 18.5 Å². The van der Waals surface area contributed by atoms with E-state index in [1.54, 1.807) is 0 Å². The molecule has 0 saturated heterocycles. The molecule has 0 aliphatic rings. The molecule has 0 aromatic heterocycles. The smallest absolute Gasteiger partial charge is 0.462 e. The van der Waals surface area contributed by atoms with Gasteiger partial charge in [0.05, 0.1) is 27.7 Å². The number of likely N-dealkylation sites (N-methyl/N-ethyl adjacent to an activating group) is 1. The highest BCUT2D eigenvalue weighted by Gasteiger charge is 2.27. The summed E-state index contributed by atoms with van der Waals surface area (Å²) in [7, 11) is 1.47. The maximum absolute atomic E-state index is 12.5. The summed E-state index contributed by atoms with van der Waals surface area (Å²) in [6, 6.07) is 0. The van der Waals surface area contributed by atoms with E-state index in [2.05, 4.69) is 19.1 Å². The van der Waals surface area contributed by atoms with Gasteiger partial charge in [-0.05, 0) is 32.6 Å². The summed E-state index contributed by atoms with van der Waals surface area (Å²) in [5.41, 5.74) is 0. The van der Waals surface area contributed by atoms with Crippen LogP contribution in [0.2, 0.25) is 0 Å². The predicted molar refractivity (Wildman–Crippen MR) is 174 cm³/mol. The molecule has 0 fully saturated rings. The second kappa shape index (κ2) is 27.1. The van der Waals surface area contributed by atoms with Crippen LogP contribution in [-0.4, -0.2) is 74.9 Å². The number of ether oxygens (including phenoxy) is 2. The molecular formula is C33H65NO8P+. The molecular weight excluding hydrogens is 569 g/mol. The lowest BCUT2D eigenvalue weighted by atomic mass is 10.1. The number of carbonyl (C=O) groups excluding carboxylic acids is 2. The zero-order chi connectivity index (χ0) is 32.2. The topological polar surface area (TPSA) is 108 Å². The minimum atomic E-state index is -4.35. The molecule has 254 valence electrons. The van der Waals surface area contributed by atoms with Crippen molar-refractivity contribution in [3.63, 3.8) is 0 Å². The zero-order valence-corrected chi connectivity index (χ0v) is 29.1. The number of phosphoric ester groups is 1. The van der Waals surface area contributed by atoms with Gasteiger partial charge in [-0.2, -0.15) is 0 Å². The highest BCUT2D eigenvalue weighted by Crippen LogP contribution is 2.43. The highest BCUT2D eigenvalue weighted by atomic mass is 31.2. The minimum Gasteiger partial charge on any atom is -0.462 e. The fourth-order valence-corrected chi connectivity index (χ4v) is 5.17. The number of quaternary nitrogens is 1. The first-order chi connectivity index (χ1) is 20.5. The van der Waals surface area contributed by atoms with E-state index >= 15 is 0 Å². The van der Waals surface area contributed by atoms with Crippen molar-refractivity contribution in [1.82, 2.24) is 0 Å². The molecule has 0 spiro atoms. The number of nitrogens with zero attached hydrogens (tertiary/aromatic N) is 1. The number of hydrogen-bond donors (Lipinski definition) is 1. The van der Waals surface area contributed by atoms with Gasteiger partial charge in [0.25, 0.3) is 0 Å². The molecule has 0 radical (unpaired) electrons. The van der Waals surface area contributed by atoms with Crippen molar-refractivity contribution in [2.45, 2.75) is 142 Å². The predicted octanol–water partition coefficient (Wildman–Crippen LogP) is 8.29. The van der Waals surface area contributed by atoms with Crippen molar-refractivity contribution < 1.29 is 42.1 Å². The number of allylic oxidation sites excluding steroid dienone is 2. The fraction of sp³-hybridized carbons (Fsp3) is 0.879. The second-order valence-corrected chi connectivity index (χ2v) is 14.0. The van der Waals surface area contributed by atoms with Gasteiger partial charge in [0, 0.05) is 12.8 Å². The fourth-order valence-electron chi connectivity index (χ4n) is 4.43. The summed E-state index contributed by atoms with van der Waals surface area (Å²) in [5.74, 6) is -0.816. The van der Waals surface area contributed by atoms with E-state index in [-0.39, 0.29) is 25.6 Å². The molecule has 0 rings (SSSR count). The van der Waals surface area contributed by atoms with E-state index in [9.17, 15) is 19.0 Å². The van der Waals surface area contributed by atoms with Gasteiger partial charge in [0.1, 0.15) is 19.8 Å². The molecule has 43 heavy (non-hydrogen) atoms. The quantitative estimate of drug-likeness (QED) is 0.0276. The Labute approximate surface area is 263 Å². The SMILES string of the molecule is C/C=C\CCCCCCCC(=O)O[C@@H](COC(=O)CCCCCCCCCCCCC)COP(=O)(O)OCC[N+](C)(C)C. The Morgan fingerprint density at radius 3 is 1.79 bits per heavy atom. The van der Waals surface area contributed by atoms with Crippen molar-refractivity contribution in [3.8, 4) is 0 Å². The standard InChI is InChI=1S/C33H64NO8P/c1-6-8-10-12-14-16-17-18-20-21-23-25-32(35)39-29-31(30-41-43(37,38)40-28-27-34(3,4)5)42-33(36)26-24-22-19-15-13-11-9-7-2/h7,9,31H,6,8,10-30H2,1-5H3/p+1/b9-7-/t31-/m0/s1. The van der Waals surface area contributed by atoms with Crippen LogP contribution in [0.5, 0.6) is 0 Å². The molecule has 0 aromatic rings. The average Bonchev–Trinajstić information content (AvgIpc) is 2.93. The Morgan fingerprint density at radius 1 is 0.744 bits per heavy atom. The first kappa shape index (κ1) is 41.8. The van der Waals surface area contributed by atoms with Crippen molar-refractivity contribution in [3.05, 3.63) is 12.2 Å². The van der Waals surface area contributed by atoms with Crippen molar-refractivity contribution in [2.24, 2.45) is 0 Å². The average molecular weight is 635 g/mol.